The van der Waals surface area contributed by atoms with Crippen molar-refractivity contribution in [3.63, 3.8) is 0 Å². The van der Waals surface area contributed by atoms with E-state index in [4.69, 9.17) is 9.84 Å². The van der Waals surface area contributed by atoms with Gasteiger partial charge in [0.1, 0.15) is 12.4 Å². The summed E-state index contributed by atoms with van der Waals surface area (Å²) in [7, 11) is 1.46. The van der Waals surface area contributed by atoms with Crippen LogP contribution in [0.1, 0.15) is 19.8 Å². The molecule has 0 aromatic carbocycles. The summed E-state index contributed by atoms with van der Waals surface area (Å²) in [5, 5.41) is 9.05. The molecule has 1 unspecified atom stereocenters. The molecule has 0 rings (SSSR count). The maximum atomic E-state index is 10.2. The van der Waals surface area contributed by atoms with Crippen molar-refractivity contribution in [3.05, 3.63) is 0 Å². The molecule has 0 aromatic rings. The molecule has 0 aromatic heterocycles. The van der Waals surface area contributed by atoms with Crippen LogP contribution in [0.4, 0.5) is 0 Å². The van der Waals surface area contributed by atoms with Crippen molar-refractivity contribution in [2.45, 2.75) is 32.0 Å². The van der Waals surface area contributed by atoms with E-state index in [1.54, 1.807) is 0 Å². The molecule has 2 atom stereocenters. The monoisotopic (exact) mass is 146 g/mol. The van der Waals surface area contributed by atoms with Crippen molar-refractivity contribution in [3.8, 4) is 0 Å². The molecule has 3 nitrogen and oxygen atoms in total. The number of rotatable bonds is 5. The molecule has 0 saturated heterocycles. The van der Waals surface area contributed by atoms with Gasteiger partial charge in [0.2, 0.25) is 0 Å². The van der Waals surface area contributed by atoms with Gasteiger partial charge in [0.25, 0.3) is 0 Å². The van der Waals surface area contributed by atoms with Crippen molar-refractivity contribution in [1.82, 2.24) is 0 Å². The fourth-order valence-electron chi connectivity index (χ4n) is 0.642. The van der Waals surface area contributed by atoms with Gasteiger partial charge >= 0.3 is 0 Å². The van der Waals surface area contributed by atoms with Gasteiger partial charge in [-0.1, -0.05) is 6.92 Å². The Kier molecular flexibility index (Phi) is 5.16. The second kappa shape index (κ2) is 5.38. The number of hydrogen-bond acceptors (Lipinski definition) is 3. The van der Waals surface area contributed by atoms with Gasteiger partial charge in [-0.05, 0) is 6.42 Å². The van der Waals surface area contributed by atoms with Crippen molar-refractivity contribution in [2.75, 3.05) is 7.11 Å². The van der Waals surface area contributed by atoms with Gasteiger partial charge < -0.3 is 14.6 Å². The number of aliphatic hydroxyl groups excluding tert-OH is 1. The number of carbonyl (C=O) groups is 1. The van der Waals surface area contributed by atoms with E-state index in [9.17, 15) is 4.79 Å². The summed E-state index contributed by atoms with van der Waals surface area (Å²) in [6.45, 7) is 1.86. The number of aliphatic hydroxyl groups is 1. The standard InChI is InChI=1S/C7H14O3/c1-3-6(9)4-7(5-8)10-2/h5-7,9H,3-4H2,1-2H3/t6?,7-/m1/s1. The molecule has 1 N–H and O–H groups in total. The van der Waals surface area contributed by atoms with E-state index in [1.807, 2.05) is 6.92 Å². The Balaban J connectivity index is 3.51. The smallest absolute Gasteiger partial charge is 0.148 e. The van der Waals surface area contributed by atoms with E-state index in [1.165, 1.54) is 7.11 Å². The van der Waals surface area contributed by atoms with Crippen molar-refractivity contribution in [2.24, 2.45) is 0 Å². The molecule has 0 aliphatic carbocycles. The number of hydrogen-bond donors (Lipinski definition) is 1. The molecule has 0 bridgehead atoms. The molecule has 0 saturated carbocycles. The van der Waals surface area contributed by atoms with E-state index >= 15 is 0 Å². The van der Waals surface area contributed by atoms with Crippen LogP contribution in [-0.4, -0.2) is 30.7 Å². The summed E-state index contributed by atoms with van der Waals surface area (Å²) in [4.78, 5) is 10.2. The van der Waals surface area contributed by atoms with Crippen LogP contribution in [0.5, 0.6) is 0 Å². The SMILES string of the molecule is CCC(O)C[C@H](C=O)OC. The number of carbonyl (C=O) groups excluding carboxylic acids is 1. The van der Waals surface area contributed by atoms with Gasteiger partial charge in [-0.2, -0.15) is 0 Å². The Hall–Kier alpha value is -0.410. The minimum Gasteiger partial charge on any atom is -0.393 e. The van der Waals surface area contributed by atoms with E-state index < -0.39 is 12.2 Å². The summed E-state index contributed by atoms with van der Waals surface area (Å²) in [5.74, 6) is 0. The Labute approximate surface area is 61.0 Å². The zero-order chi connectivity index (χ0) is 7.98. The van der Waals surface area contributed by atoms with E-state index in [0.717, 1.165) is 0 Å². The first kappa shape index (κ1) is 9.59. The normalized spacial score (nSPS) is 16.3. The van der Waals surface area contributed by atoms with Gasteiger partial charge in [0.05, 0.1) is 6.10 Å². The lowest BCUT2D eigenvalue weighted by Crippen LogP contribution is -2.20. The highest BCUT2D eigenvalue weighted by molar-refractivity contribution is 5.55. The van der Waals surface area contributed by atoms with Crippen LogP contribution in [0.15, 0.2) is 0 Å². The van der Waals surface area contributed by atoms with Crippen LogP contribution < -0.4 is 0 Å². The highest BCUT2D eigenvalue weighted by atomic mass is 16.5. The van der Waals surface area contributed by atoms with Crippen LogP contribution in [0.25, 0.3) is 0 Å². The molecule has 0 radical (unpaired) electrons. The minimum atomic E-state index is -0.449. The zero-order valence-corrected chi connectivity index (χ0v) is 6.41. The highest BCUT2D eigenvalue weighted by Crippen LogP contribution is 2.02. The van der Waals surface area contributed by atoms with Crippen LogP contribution in [0.3, 0.4) is 0 Å². The van der Waals surface area contributed by atoms with Crippen molar-refractivity contribution in [1.29, 1.82) is 0 Å². The first-order valence-electron chi connectivity index (χ1n) is 3.40. The van der Waals surface area contributed by atoms with Gasteiger partial charge in [0, 0.05) is 13.5 Å². The molecule has 0 fully saturated rings. The number of aldehydes is 1. The number of ether oxygens (including phenoxy) is 1. The lowest BCUT2D eigenvalue weighted by molar-refractivity contribution is -0.118. The molecular weight excluding hydrogens is 132 g/mol. The Morgan fingerprint density at radius 2 is 2.30 bits per heavy atom. The van der Waals surface area contributed by atoms with E-state index in [-0.39, 0.29) is 0 Å². The predicted molar refractivity (Wildman–Crippen MR) is 37.8 cm³/mol. The van der Waals surface area contributed by atoms with E-state index in [0.29, 0.717) is 19.1 Å². The Bertz CT molecular complexity index is 92.9. The largest absolute Gasteiger partial charge is 0.393 e. The molecule has 0 aliphatic rings. The highest BCUT2D eigenvalue weighted by Gasteiger charge is 2.10. The Morgan fingerprint density at radius 1 is 1.70 bits per heavy atom. The van der Waals surface area contributed by atoms with Gasteiger partial charge in [0.15, 0.2) is 0 Å². The second-order valence-electron chi connectivity index (χ2n) is 2.21. The fraction of sp³-hybridized carbons (Fsp3) is 0.857. The fourth-order valence-corrected chi connectivity index (χ4v) is 0.642. The Morgan fingerprint density at radius 3 is 2.60 bits per heavy atom. The van der Waals surface area contributed by atoms with Crippen molar-refractivity contribution >= 4 is 6.29 Å². The lowest BCUT2D eigenvalue weighted by Gasteiger charge is -2.11. The third-order valence-electron chi connectivity index (χ3n) is 1.43. The molecular formula is C7H14O3. The molecule has 3 heteroatoms. The van der Waals surface area contributed by atoms with Gasteiger partial charge in [-0.3, -0.25) is 0 Å². The molecule has 0 aliphatic heterocycles. The average Bonchev–Trinajstić information content (AvgIpc) is 1.99. The molecule has 0 amide bonds. The van der Waals surface area contributed by atoms with Crippen LogP contribution in [0, 0.1) is 0 Å². The van der Waals surface area contributed by atoms with E-state index in [2.05, 4.69) is 0 Å². The zero-order valence-electron chi connectivity index (χ0n) is 6.41. The minimum absolute atomic E-state index is 0.399. The lowest BCUT2D eigenvalue weighted by atomic mass is 10.1. The van der Waals surface area contributed by atoms with Crippen LogP contribution in [0.2, 0.25) is 0 Å². The predicted octanol–water partition coefficient (Wildman–Crippen LogP) is 0.361. The molecule has 10 heavy (non-hydrogen) atoms. The van der Waals surface area contributed by atoms with Crippen LogP contribution >= 0.6 is 0 Å². The van der Waals surface area contributed by atoms with Crippen molar-refractivity contribution < 1.29 is 14.6 Å². The summed E-state index contributed by atoms with van der Waals surface area (Å²) >= 11 is 0. The van der Waals surface area contributed by atoms with Gasteiger partial charge in [-0.15, -0.1) is 0 Å². The molecule has 60 valence electrons. The third kappa shape index (κ3) is 3.58. The average molecular weight is 146 g/mol. The summed E-state index contributed by atoms with van der Waals surface area (Å²) < 4.78 is 4.74. The van der Waals surface area contributed by atoms with Crippen LogP contribution in [-0.2, 0) is 9.53 Å². The molecule has 0 heterocycles. The first-order chi connectivity index (χ1) is 4.74. The summed E-state index contributed by atoms with van der Waals surface area (Å²) in [6, 6.07) is 0. The summed E-state index contributed by atoms with van der Waals surface area (Å²) in [6.07, 6.45) is 0.897. The first-order valence-corrected chi connectivity index (χ1v) is 3.40. The summed E-state index contributed by atoms with van der Waals surface area (Å²) in [5.41, 5.74) is 0. The topological polar surface area (TPSA) is 46.5 Å². The molecule has 0 spiro atoms. The number of methoxy groups -OCH3 is 1. The van der Waals surface area contributed by atoms with Gasteiger partial charge in [-0.25, -0.2) is 0 Å². The maximum absolute atomic E-state index is 10.2. The third-order valence-corrected chi connectivity index (χ3v) is 1.43. The second-order valence-corrected chi connectivity index (χ2v) is 2.21. The quantitative estimate of drug-likeness (QED) is 0.570. The maximum Gasteiger partial charge on any atom is 0.148 e.